The van der Waals surface area contributed by atoms with Crippen molar-refractivity contribution in [1.29, 1.82) is 0 Å². The first-order valence-corrected chi connectivity index (χ1v) is 10.3. The first kappa shape index (κ1) is 21.1. The van der Waals surface area contributed by atoms with Gasteiger partial charge in [-0.2, -0.15) is 0 Å². The number of nitrogens with zero attached hydrogens (tertiary/aromatic N) is 4. The normalized spacial score (nSPS) is 29.4. The van der Waals surface area contributed by atoms with E-state index in [4.69, 9.17) is 14.2 Å². The van der Waals surface area contributed by atoms with Crippen molar-refractivity contribution < 1.29 is 29.2 Å². The van der Waals surface area contributed by atoms with Crippen LogP contribution in [0.4, 0.5) is 5.82 Å². The van der Waals surface area contributed by atoms with Gasteiger partial charge in [0.25, 0.3) is 0 Å². The molecule has 0 bridgehead atoms. The Morgan fingerprint density at radius 2 is 2.23 bits per heavy atom. The fourth-order valence-electron chi connectivity index (χ4n) is 3.78. The average Bonchev–Trinajstić information content (AvgIpc) is 3.31. The minimum absolute atomic E-state index is 0.157. The Hall–Kier alpha value is -2.18. The number of anilines is 1. The van der Waals surface area contributed by atoms with Gasteiger partial charge in [0.15, 0.2) is 29.5 Å². The smallest absolute Gasteiger partial charge is 0.225 e. The molecule has 2 aliphatic rings. The van der Waals surface area contributed by atoms with Crippen molar-refractivity contribution in [3.05, 3.63) is 12.7 Å². The summed E-state index contributed by atoms with van der Waals surface area (Å²) in [4.78, 5) is 24.7. The zero-order valence-corrected chi connectivity index (χ0v) is 16.8. The van der Waals surface area contributed by atoms with Gasteiger partial charge in [0.1, 0.15) is 24.6 Å². The third-order valence-electron chi connectivity index (χ3n) is 5.31. The highest BCUT2D eigenvalue weighted by Crippen LogP contribution is 2.35. The van der Waals surface area contributed by atoms with Gasteiger partial charge < -0.3 is 29.7 Å². The molecule has 164 valence electrons. The number of rotatable bonds is 7. The second kappa shape index (κ2) is 9.31. The van der Waals surface area contributed by atoms with E-state index in [1.54, 1.807) is 4.57 Å². The predicted octanol–water partition coefficient (Wildman–Crippen LogP) is 0.727. The molecule has 2 saturated heterocycles. The Balaban J connectivity index is 1.62. The van der Waals surface area contributed by atoms with E-state index in [9.17, 15) is 15.0 Å². The first-order valence-electron chi connectivity index (χ1n) is 10.3. The molecular weight excluding hydrogens is 394 g/mol. The van der Waals surface area contributed by atoms with Crippen LogP contribution in [0.5, 0.6) is 0 Å². The van der Waals surface area contributed by atoms with E-state index < -0.39 is 30.8 Å². The van der Waals surface area contributed by atoms with Gasteiger partial charge in [-0.15, -0.1) is 0 Å². The lowest BCUT2D eigenvalue weighted by Crippen LogP contribution is -2.39. The molecule has 11 nitrogen and oxygen atoms in total. The Labute approximate surface area is 173 Å². The van der Waals surface area contributed by atoms with Gasteiger partial charge in [-0.05, 0) is 25.7 Å². The zero-order chi connectivity index (χ0) is 21.1. The van der Waals surface area contributed by atoms with Crippen LogP contribution in [0.15, 0.2) is 12.7 Å². The maximum absolute atomic E-state index is 12.0. The third-order valence-corrected chi connectivity index (χ3v) is 5.31. The van der Waals surface area contributed by atoms with Crippen molar-refractivity contribution >= 4 is 22.9 Å². The number of ether oxygens (including phenoxy) is 3. The molecule has 2 aliphatic heterocycles. The van der Waals surface area contributed by atoms with Crippen molar-refractivity contribution in [3.8, 4) is 0 Å². The van der Waals surface area contributed by atoms with Gasteiger partial charge in [-0.3, -0.25) is 9.36 Å². The van der Waals surface area contributed by atoms with Crippen molar-refractivity contribution in [2.75, 3.05) is 18.5 Å². The Bertz CT molecular complexity index is 870. The molecule has 0 radical (unpaired) electrons. The standard InChI is InChI=1S/C19H27N5O6/c1-2-5-12(26)23-17-14-18(21-9-20-17)24(10-22-14)19-16(15(27)11(8-25)29-19)30-13-6-3-4-7-28-13/h9-11,13,15-16,19,25,27H,2-8H2,1H3,(H,20,21,23,26)/t11-,13?,15-,16-,19-/m1/s1. The van der Waals surface area contributed by atoms with E-state index in [0.29, 0.717) is 36.4 Å². The topological polar surface area (TPSA) is 141 Å². The fourth-order valence-corrected chi connectivity index (χ4v) is 3.78. The van der Waals surface area contributed by atoms with Gasteiger partial charge in [0.05, 0.1) is 12.9 Å². The number of hydrogen-bond acceptors (Lipinski definition) is 9. The number of aromatic nitrogens is 4. The van der Waals surface area contributed by atoms with E-state index in [1.165, 1.54) is 12.7 Å². The van der Waals surface area contributed by atoms with Crippen LogP contribution in [0, 0.1) is 0 Å². The zero-order valence-electron chi connectivity index (χ0n) is 16.8. The quantitative estimate of drug-likeness (QED) is 0.590. The first-order chi connectivity index (χ1) is 14.6. The Morgan fingerprint density at radius 1 is 1.37 bits per heavy atom. The summed E-state index contributed by atoms with van der Waals surface area (Å²) < 4.78 is 19.2. The van der Waals surface area contributed by atoms with Crippen LogP contribution in [-0.4, -0.2) is 73.5 Å². The number of aliphatic hydroxyl groups is 2. The largest absolute Gasteiger partial charge is 0.394 e. The molecule has 1 amide bonds. The highest BCUT2D eigenvalue weighted by Gasteiger charge is 2.47. The van der Waals surface area contributed by atoms with Crippen LogP contribution in [0.25, 0.3) is 11.2 Å². The number of carbonyl (C=O) groups is 1. The van der Waals surface area contributed by atoms with Crippen molar-refractivity contribution in [2.45, 2.75) is 69.9 Å². The highest BCUT2D eigenvalue weighted by molar-refractivity contribution is 5.96. The monoisotopic (exact) mass is 421 g/mol. The lowest BCUT2D eigenvalue weighted by molar-refractivity contribution is -0.215. The third kappa shape index (κ3) is 4.16. The maximum atomic E-state index is 12.0. The van der Waals surface area contributed by atoms with E-state index in [0.717, 1.165) is 19.3 Å². The van der Waals surface area contributed by atoms with Crippen LogP contribution >= 0.6 is 0 Å². The van der Waals surface area contributed by atoms with Crippen molar-refractivity contribution in [2.24, 2.45) is 0 Å². The average molecular weight is 421 g/mol. The van der Waals surface area contributed by atoms with E-state index in [1.807, 2.05) is 6.92 Å². The van der Waals surface area contributed by atoms with Crippen LogP contribution in [0.3, 0.4) is 0 Å². The molecule has 4 rings (SSSR count). The second-order valence-corrected chi connectivity index (χ2v) is 7.48. The molecule has 5 atom stereocenters. The number of aliphatic hydroxyl groups excluding tert-OH is 2. The second-order valence-electron chi connectivity index (χ2n) is 7.48. The number of carbonyl (C=O) groups excluding carboxylic acids is 1. The van der Waals surface area contributed by atoms with Crippen LogP contribution < -0.4 is 5.32 Å². The summed E-state index contributed by atoms with van der Waals surface area (Å²) in [6, 6.07) is 0. The van der Waals surface area contributed by atoms with Crippen molar-refractivity contribution in [3.63, 3.8) is 0 Å². The predicted molar refractivity (Wildman–Crippen MR) is 104 cm³/mol. The molecular formula is C19H27N5O6. The molecule has 0 saturated carbocycles. The van der Waals surface area contributed by atoms with Gasteiger partial charge >= 0.3 is 0 Å². The fraction of sp³-hybridized carbons (Fsp3) is 0.684. The van der Waals surface area contributed by atoms with Crippen LogP contribution in [0.1, 0.15) is 45.3 Å². The molecule has 0 aliphatic carbocycles. The summed E-state index contributed by atoms with van der Waals surface area (Å²) >= 11 is 0. The molecule has 2 aromatic heterocycles. The van der Waals surface area contributed by atoms with Crippen LogP contribution in [-0.2, 0) is 19.0 Å². The summed E-state index contributed by atoms with van der Waals surface area (Å²) in [5.41, 5.74) is 0.825. The number of imidazole rings is 1. The number of fused-ring (bicyclic) bond motifs is 1. The summed E-state index contributed by atoms with van der Waals surface area (Å²) in [7, 11) is 0. The molecule has 3 N–H and O–H groups in total. The number of hydrogen-bond donors (Lipinski definition) is 3. The summed E-state index contributed by atoms with van der Waals surface area (Å²) in [6.45, 7) is 2.16. The van der Waals surface area contributed by atoms with Gasteiger partial charge in [-0.25, -0.2) is 15.0 Å². The molecule has 1 unspecified atom stereocenters. The maximum Gasteiger partial charge on any atom is 0.225 e. The Kier molecular flexibility index (Phi) is 6.54. The molecule has 4 heterocycles. The summed E-state index contributed by atoms with van der Waals surface area (Å²) in [5, 5.41) is 23.0. The molecule has 0 aromatic carbocycles. The summed E-state index contributed by atoms with van der Waals surface area (Å²) in [5.74, 6) is 0.151. The molecule has 2 aromatic rings. The minimum atomic E-state index is -1.05. The molecule has 30 heavy (non-hydrogen) atoms. The highest BCUT2D eigenvalue weighted by atomic mass is 16.7. The van der Waals surface area contributed by atoms with Gasteiger partial charge in [-0.1, -0.05) is 6.92 Å². The lowest BCUT2D eigenvalue weighted by atomic mass is 10.1. The minimum Gasteiger partial charge on any atom is -0.394 e. The summed E-state index contributed by atoms with van der Waals surface area (Å²) in [6.07, 6.45) is 2.73. The SMILES string of the molecule is CCCC(=O)Nc1ncnc2c1ncn2[C@@H]1O[C@H](CO)[C@@H](O)[C@H]1OC1CCCCO1. The number of nitrogens with one attached hydrogen (secondary N) is 1. The van der Waals surface area contributed by atoms with E-state index >= 15 is 0 Å². The molecule has 0 spiro atoms. The van der Waals surface area contributed by atoms with E-state index in [2.05, 4.69) is 20.3 Å². The molecule has 11 heteroatoms. The van der Waals surface area contributed by atoms with E-state index in [-0.39, 0.29) is 12.5 Å². The Morgan fingerprint density at radius 3 is 2.97 bits per heavy atom. The van der Waals surface area contributed by atoms with Gasteiger partial charge in [0, 0.05) is 13.0 Å². The lowest BCUT2D eigenvalue weighted by Gasteiger charge is -2.29. The van der Waals surface area contributed by atoms with Crippen LogP contribution in [0.2, 0.25) is 0 Å². The van der Waals surface area contributed by atoms with Gasteiger partial charge in [0.2, 0.25) is 5.91 Å². The van der Waals surface area contributed by atoms with Crippen molar-refractivity contribution in [1.82, 2.24) is 19.5 Å². The number of amides is 1. The molecule has 2 fully saturated rings.